The van der Waals surface area contributed by atoms with Crippen molar-refractivity contribution >= 4 is 11.9 Å². The number of anilines is 1. The molecule has 150 valence electrons. The molecule has 28 heavy (non-hydrogen) atoms. The number of carbonyl (C=O) groups is 1. The van der Waals surface area contributed by atoms with Gasteiger partial charge in [0.2, 0.25) is 5.89 Å². The van der Waals surface area contributed by atoms with Gasteiger partial charge in [0, 0.05) is 19.3 Å². The van der Waals surface area contributed by atoms with Crippen LogP contribution in [-0.4, -0.2) is 56.9 Å². The van der Waals surface area contributed by atoms with Crippen LogP contribution in [-0.2, 0) is 4.74 Å². The normalized spacial score (nSPS) is 21.6. The van der Waals surface area contributed by atoms with Crippen molar-refractivity contribution in [2.75, 3.05) is 18.0 Å². The highest BCUT2D eigenvalue weighted by atomic mass is 19.3. The van der Waals surface area contributed by atoms with E-state index in [0.717, 1.165) is 12.2 Å². The predicted molar refractivity (Wildman–Crippen MR) is 95.0 cm³/mol. The third-order valence-electron chi connectivity index (χ3n) is 4.78. The van der Waals surface area contributed by atoms with E-state index in [-0.39, 0.29) is 24.1 Å². The van der Waals surface area contributed by atoms with Crippen LogP contribution in [0.3, 0.4) is 0 Å². The van der Waals surface area contributed by atoms with Crippen LogP contribution in [0.25, 0.3) is 11.5 Å². The molecule has 10 heteroatoms. The van der Waals surface area contributed by atoms with Gasteiger partial charge >= 0.3 is 12.5 Å². The third-order valence-corrected chi connectivity index (χ3v) is 4.78. The first kappa shape index (κ1) is 18.6. The van der Waals surface area contributed by atoms with Crippen molar-refractivity contribution in [3.63, 3.8) is 0 Å². The van der Waals surface area contributed by atoms with E-state index in [1.165, 1.54) is 6.20 Å². The fraction of sp³-hybridized carbons (Fsp3) is 0.556. The lowest BCUT2D eigenvalue weighted by molar-refractivity contribution is 0.0214. The molecule has 0 N–H and O–H groups in total. The van der Waals surface area contributed by atoms with Crippen LogP contribution in [0.2, 0.25) is 0 Å². The molecule has 2 fully saturated rings. The van der Waals surface area contributed by atoms with Gasteiger partial charge in [-0.25, -0.2) is 9.78 Å². The van der Waals surface area contributed by atoms with Crippen molar-refractivity contribution in [3.8, 4) is 11.5 Å². The van der Waals surface area contributed by atoms with E-state index in [1.54, 1.807) is 17.0 Å². The summed E-state index contributed by atoms with van der Waals surface area (Å²) in [5, 5.41) is 6.94. The maximum atomic E-state index is 12.6. The smallest absolute Gasteiger partial charge is 0.410 e. The maximum absolute atomic E-state index is 12.6. The molecule has 2 aliphatic heterocycles. The lowest BCUT2D eigenvalue weighted by Gasteiger charge is -2.35. The maximum Gasteiger partial charge on any atom is 0.410 e. The van der Waals surface area contributed by atoms with Crippen LogP contribution in [0.1, 0.15) is 39.5 Å². The second-order valence-electron chi connectivity index (χ2n) is 7.98. The number of nitrogens with zero attached hydrogens (tertiary/aromatic N) is 5. The van der Waals surface area contributed by atoms with Gasteiger partial charge in [-0.1, -0.05) is 0 Å². The molecule has 4 rings (SSSR count). The number of aromatic nitrogens is 3. The molecule has 1 amide bonds. The number of ether oxygens (including phenoxy) is 1. The second-order valence-corrected chi connectivity index (χ2v) is 7.98. The molecule has 0 aliphatic carbocycles. The Morgan fingerprint density at radius 3 is 2.57 bits per heavy atom. The summed E-state index contributed by atoms with van der Waals surface area (Å²) in [4.78, 5) is 20.7. The summed E-state index contributed by atoms with van der Waals surface area (Å²) in [5.41, 5.74) is -0.0440. The molecule has 2 aromatic heterocycles. The topological polar surface area (TPSA) is 84.6 Å². The summed E-state index contributed by atoms with van der Waals surface area (Å²) in [6.07, 6.45) is -0.699. The van der Waals surface area contributed by atoms with E-state index >= 15 is 0 Å². The van der Waals surface area contributed by atoms with Gasteiger partial charge in [-0.05, 0) is 39.3 Å². The molecule has 4 heterocycles. The standard InChI is InChI=1S/C18H21F2N5O3/c1-18(2,3)28-17(26)25-9-11-6-12(25)8-24(11)13-5-4-10(7-21-13)15-22-23-16(27-15)14(19)20/h4-5,7,11-12,14H,6,8-9H2,1-3H3. The number of amides is 1. The highest BCUT2D eigenvalue weighted by Gasteiger charge is 2.46. The molecule has 2 saturated heterocycles. The Morgan fingerprint density at radius 1 is 1.25 bits per heavy atom. The van der Waals surface area contributed by atoms with Crippen LogP contribution >= 0.6 is 0 Å². The molecule has 0 aromatic carbocycles. The number of piperazine rings is 1. The highest BCUT2D eigenvalue weighted by molar-refractivity contribution is 5.70. The minimum absolute atomic E-state index is 0.00777. The van der Waals surface area contributed by atoms with Gasteiger partial charge in [-0.3, -0.25) is 0 Å². The van der Waals surface area contributed by atoms with E-state index in [9.17, 15) is 13.6 Å². The monoisotopic (exact) mass is 393 g/mol. The van der Waals surface area contributed by atoms with Crippen LogP contribution < -0.4 is 4.90 Å². The molecule has 2 aliphatic rings. The van der Waals surface area contributed by atoms with Crippen molar-refractivity contribution in [1.29, 1.82) is 0 Å². The summed E-state index contributed by atoms with van der Waals surface area (Å²) < 4.78 is 35.6. The fourth-order valence-electron chi connectivity index (χ4n) is 3.61. The van der Waals surface area contributed by atoms with Crippen LogP contribution in [0, 0.1) is 0 Å². The molecule has 2 atom stereocenters. The molecule has 2 bridgehead atoms. The zero-order chi connectivity index (χ0) is 20.1. The lowest BCUT2D eigenvalue weighted by Crippen LogP contribution is -2.50. The average molecular weight is 393 g/mol. The Labute approximate surface area is 160 Å². The quantitative estimate of drug-likeness (QED) is 0.791. The predicted octanol–water partition coefficient (Wildman–Crippen LogP) is 3.27. The molecule has 0 spiro atoms. The first-order chi connectivity index (χ1) is 13.2. The minimum atomic E-state index is -2.80. The summed E-state index contributed by atoms with van der Waals surface area (Å²) in [7, 11) is 0. The number of rotatable bonds is 3. The number of halogens is 2. The summed E-state index contributed by atoms with van der Waals surface area (Å²) in [5.74, 6) is 0.0558. The fourth-order valence-corrected chi connectivity index (χ4v) is 3.61. The molecular formula is C18H21F2N5O3. The summed E-state index contributed by atoms with van der Waals surface area (Å²) in [6, 6.07) is 3.76. The Kier molecular flexibility index (Phi) is 4.43. The number of hydrogen-bond donors (Lipinski definition) is 0. The summed E-state index contributed by atoms with van der Waals surface area (Å²) >= 11 is 0. The Hall–Kier alpha value is -2.78. The average Bonchev–Trinajstić information content (AvgIpc) is 3.35. The van der Waals surface area contributed by atoms with Crippen molar-refractivity contribution in [3.05, 3.63) is 24.2 Å². The van der Waals surface area contributed by atoms with Gasteiger partial charge in [-0.15, -0.1) is 10.2 Å². The number of alkyl halides is 2. The van der Waals surface area contributed by atoms with Gasteiger partial charge in [0.1, 0.15) is 11.4 Å². The zero-order valence-electron chi connectivity index (χ0n) is 15.8. The van der Waals surface area contributed by atoms with Gasteiger partial charge in [0.15, 0.2) is 0 Å². The van der Waals surface area contributed by atoms with E-state index in [4.69, 9.17) is 9.15 Å². The molecular weight excluding hydrogens is 372 g/mol. The van der Waals surface area contributed by atoms with Gasteiger partial charge in [-0.2, -0.15) is 8.78 Å². The molecule has 8 nitrogen and oxygen atoms in total. The first-order valence-electron chi connectivity index (χ1n) is 9.05. The van der Waals surface area contributed by atoms with E-state index in [2.05, 4.69) is 20.1 Å². The number of likely N-dealkylation sites (tertiary alicyclic amines) is 1. The Bertz CT molecular complexity index is 865. The molecule has 2 unspecified atom stereocenters. The minimum Gasteiger partial charge on any atom is -0.444 e. The van der Waals surface area contributed by atoms with E-state index in [0.29, 0.717) is 18.7 Å². The van der Waals surface area contributed by atoms with Crippen LogP contribution in [0.5, 0.6) is 0 Å². The Morgan fingerprint density at radius 2 is 2.04 bits per heavy atom. The highest BCUT2D eigenvalue weighted by Crippen LogP contribution is 2.35. The van der Waals surface area contributed by atoms with E-state index in [1.807, 2.05) is 20.8 Å². The third kappa shape index (κ3) is 3.50. The lowest BCUT2D eigenvalue weighted by atomic mass is 10.2. The molecule has 0 radical (unpaired) electrons. The molecule has 2 aromatic rings. The summed E-state index contributed by atoms with van der Waals surface area (Å²) in [6.45, 7) is 6.82. The van der Waals surface area contributed by atoms with Crippen LogP contribution in [0.15, 0.2) is 22.7 Å². The SMILES string of the molecule is CC(C)(C)OC(=O)N1CC2CC1CN2c1ccc(-c2nnc(C(F)F)o2)cn1. The second kappa shape index (κ2) is 6.68. The van der Waals surface area contributed by atoms with Crippen molar-refractivity contribution in [2.45, 2.75) is 51.3 Å². The Balaban J connectivity index is 1.42. The number of fused-ring (bicyclic) bond motifs is 2. The van der Waals surface area contributed by atoms with Gasteiger partial charge in [0.05, 0.1) is 17.6 Å². The van der Waals surface area contributed by atoms with Gasteiger partial charge in [0.25, 0.3) is 5.89 Å². The van der Waals surface area contributed by atoms with Crippen molar-refractivity contribution in [1.82, 2.24) is 20.1 Å². The van der Waals surface area contributed by atoms with Crippen molar-refractivity contribution in [2.24, 2.45) is 0 Å². The number of carbonyl (C=O) groups excluding carboxylic acids is 1. The number of pyridine rings is 1. The van der Waals surface area contributed by atoms with E-state index < -0.39 is 17.9 Å². The number of hydrogen-bond acceptors (Lipinski definition) is 7. The molecule has 0 saturated carbocycles. The van der Waals surface area contributed by atoms with Crippen LogP contribution in [0.4, 0.5) is 19.4 Å². The van der Waals surface area contributed by atoms with Crippen molar-refractivity contribution < 1.29 is 22.7 Å². The zero-order valence-corrected chi connectivity index (χ0v) is 15.8. The first-order valence-corrected chi connectivity index (χ1v) is 9.05. The van der Waals surface area contributed by atoms with Gasteiger partial charge < -0.3 is 19.0 Å². The largest absolute Gasteiger partial charge is 0.444 e.